The molecule has 3 aromatic rings. The Morgan fingerprint density at radius 2 is 1.94 bits per heavy atom. The van der Waals surface area contributed by atoms with E-state index in [4.69, 9.17) is 21.1 Å². The number of benzene rings is 3. The maximum Gasteiger partial charge on any atom is 0.179 e. The minimum atomic E-state index is 0.280. The number of hydrogen-bond donors (Lipinski definition) is 1. The van der Waals surface area contributed by atoms with E-state index in [0.29, 0.717) is 35.0 Å². The Balaban J connectivity index is 1.36. The summed E-state index contributed by atoms with van der Waals surface area (Å²) in [6.07, 6.45) is 7.61. The van der Waals surface area contributed by atoms with E-state index < -0.39 is 0 Å². The van der Waals surface area contributed by atoms with E-state index >= 15 is 0 Å². The van der Waals surface area contributed by atoms with Crippen LogP contribution in [0.3, 0.4) is 0 Å². The molecule has 0 saturated heterocycles. The van der Waals surface area contributed by atoms with Crippen molar-refractivity contribution in [3.05, 3.63) is 94.0 Å². The topological polar surface area (TPSA) is 42.8 Å². The Labute approximate surface area is 206 Å². The number of hydrogen-bond acceptors (Lipinski definition) is 4. The highest BCUT2D eigenvalue weighted by Gasteiger charge is 2.37. The molecule has 34 heavy (non-hydrogen) atoms. The molecule has 174 valence electrons. The van der Waals surface area contributed by atoms with Crippen molar-refractivity contribution in [2.75, 3.05) is 19.0 Å². The summed E-state index contributed by atoms with van der Waals surface area (Å²) in [6.45, 7) is 4.63. The van der Waals surface area contributed by atoms with Gasteiger partial charge in [-0.1, -0.05) is 53.6 Å². The highest BCUT2D eigenvalue weighted by atomic mass is 35.5. The van der Waals surface area contributed by atoms with Gasteiger partial charge in [0.2, 0.25) is 0 Å². The summed E-state index contributed by atoms with van der Waals surface area (Å²) in [5, 5.41) is 4.31. The van der Waals surface area contributed by atoms with Gasteiger partial charge in [-0.25, -0.2) is 0 Å². The Morgan fingerprint density at radius 3 is 2.71 bits per heavy atom. The van der Waals surface area contributed by atoms with Crippen molar-refractivity contribution in [2.45, 2.75) is 32.2 Å². The van der Waals surface area contributed by atoms with Crippen LogP contribution in [-0.4, -0.2) is 19.9 Å². The predicted molar refractivity (Wildman–Crippen MR) is 140 cm³/mol. The molecule has 0 fully saturated rings. The minimum Gasteiger partial charge on any atom is -0.491 e. The van der Waals surface area contributed by atoms with Crippen LogP contribution >= 0.6 is 11.6 Å². The number of ether oxygens (including phenoxy) is 2. The zero-order chi connectivity index (χ0) is 23.7. The Kier molecular flexibility index (Phi) is 6.34. The number of fused-ring (bicyclic) bond motifs is 3. The highest BCUT2D eigenvalue weighted by molar-refractivity contribution is 6.32. The smallest absolute Gasteiger partial charge is 0.179 e. The molecule has 1 N–H and O–H groups in total. The largest absolute Gasteiger partial charge is 0.491 e. The average Bonchev–Trinajstić information content (AvgIpc) is 3.33. The first-order valence-corrected chi connectivity index (χ1v) is 12.1. The Hall–Kier alpha value is -3.24. The SMILES string of the molecule is CCOc1cc(C=Nc2ccc([C@@H]3Nc4ccc(C)cc4[C@H]4C=CC[C@@H]43)cc2)cc(Cl)c1OC. The molecule has 1 aliphatic heterocycles. The van der Waals surface area contributed by atoms with Crippen molar-refractivity contribution in [2.24, 2.45) is 10.9 Å². The molecule has 0 radical (unpaired) electrons. The van der Waals surface area contributed by atoms with Crippen LogP contribution in [0, 0.1) is 12.8 Å². The molecule has 2 aliphatic rings. The molecule has 0 unspecified atom stereocenters. The van der Waals surface area contributed by atoms with Gasteiger partial charge in [-0.05, 0) is 73.2 Å². The minimum absolute atomic E-state index is 0.280. The zero-order valence-electron chi connectivity index (χ0n) is 19.7. The summed E-state index contributed by atoms with van der Waals surface area (Å²) in [4.78, 5) is 4.66. The van der Waals surface area contributed by atoms with Gasteiger partial charge in [-0.3, -0.25) is 4.99 Å². The summed E-state index contributed by atoms with van der Waals surface area (Å²) in [7, 11) is 1.59. The molecule has 0 amide bonds. The fourth-order valence-corrected chi connectivity index (χ4v) is 5.38. The molecule has 0 aromatic heterocycles. The van der Waals surface area contributed by atoms with Gasteiger partial charge < -0.3 is 14.8 Å². The van der Waals surface area contributed by atoms with Crippen LogP contribution in [0.1, 0.15) is 47.6 Å². The number of rotatable bonds is 6. The zero-order valence-corrected chi connectivity index (χ0v) is 20.5. The third-order valence-electron chi connectivity index (χ3n) is 6.67. The molecule has 0 spiro atoms. The first-order valence-electron chi connectivity index (χ1n) is 11.8. The number of allylic oxidation sites excluding steroid dienone is 2. The van der Waals surface area contributed by atoms with E-state index in [1.165, 1.54) is 22.4 Å². The lowest BCUT2D eigenvalue weighted by Crippen LogP contribution is -2.29. The van der Waals surface area contributed by atoms with Crippen molar-refractivity contribution in [1.82, 2.24) is 0 Å². The molecule has 5 heteroatoms. The van der Waals surface area contributed by atoms with E-state index in [0.717, 1.165) is 17.7 Å². The van der Waals surface area contributed by atoms with E-state index in [2.05, 4.69) is 71.8 Å². The fraction of sp³-hybridized carbons (Fsp3) is 0.276. The van der Waals surface area contributed by atoms with Gasteiger partial charge in [-0.2, -0.15) is 0 Å². The van der Waals surface area contributed by atoms with Gasteiger partial charge in [0.15, 0.2) is 11.5 Å². The van der Waals surface area contributed by atoms with Crippen molar-refractivity contribution >= 4 is 29.2 Å². The second-order valence-corrected chi connectivity index (χ2v) is 9.29. The van der Waals surface area contributed by atoms with Gasteiger partial charge in [0, 0.05) is 17.8 Å². The van der Waals surface area contributed by atoms with Crippen molar-refractivity contribution in [3.63, 3.8) is 0 Å². The number of methoxy groups -OCH3 is 1. The summed E-state index contributed by atoms with van der Waals surface area (Å²) < 4.78 is 11.0. The number of nitrogens with one attached hydrogen (secondary N) is 1. The van der Waals surface area contributed by atoms with E-state index in [1.54, 1.807) is 13.3 Å². The van der Waals surface area contributed by atoms with Crippen LogP contribution in [0.25, 0.3) is 0 Å². The number of nitrogens with zero attached hydrogens (tertiary/aromatic N) is 1. The normalized spacial score (nSPS) is 20.6. The Morgan fingerprint density at radius 1 is 1.12 bits per heavy atom. The standard InChI is InChI=1S/C29H29ClN2O2/c1-4-34-27-16-19(15-25(30)29(27)33-3)17-31-21-11-9-20(10-12-21)28-23-7-5-6-22(23)24-14-18(2)8-13-26(24)32-28/h5-6,8-17,22-23,28,32H,4,7H2,1-3H3/t22-,23-,28-/m0/s1. The maximum atomic E-state index is 6.37. The number of anilines is 1. The summed E-state index contributed by atoms with van der Waals surface area (Å²) >= 11 is 6.37. The lowest BCUT2D eigenvalue weighted by atomic mass is 9.76. The third-order valence-corrected chi connectivity index (χ3v) is 6.95. The van der Waals surface area contributed by atoms with Gasteiger partial charge in [0.1, 0.15) is 0 Å². The third kappa shape index (κ3) is 4.30. The fourth-order valence-electron chi connectivity index (χ4n) is 5.08. The summed E-state index contributed by atoms with van der Waals surface area (Å²) in [6, 6.07) is 19.3. The van der Waals surface area contributed by atoms with Crippen molar-refractivity contribution < 1.29 is 9.47 Å². The number of aryl methyl sites for hydroxylation is 1. The first-order chi connectivity index (χ1) is 16.6. The van der Waals surface area contributed by atoms with Crippen molar-refractivity contribution in [1.29, 1.82) is 0 Å². The van der Waals surface area contributed by atoms with E-state index in [-0.39, 0.29) is 6.04 Å². The average molecular weight is 473 g/mol. The summed E-state index contributed by atoms with van der Waals surface area (Å²) in [5.74, 6) is 2.16. The lowest BCUT2D eigenvalue weighted by molar-refractivity contribution is 0.311. The molecule has 1 heterocycles. The Bertz CT molecular complexity index is 1250. The van der Waals surface area contributed by atoms with Crippen molar-refractivity contribution in [3.8, 4) is 11.5 Å². The van der Waals surface area contributed by atoms with Gasteiger partial charge in [0.25, 0.3) is 0 Å². The highest BCUT2D eigenvalue weighted by Crippen LogP contribution is 2.50. The number of halogens is 1. The van der Waals surface area contributed by atoms with Crippen LogP contribution in [0.2, 0.25) is 5.02 Å². The molecule has 0 bridgehead atoms. The van der Waals surface area contributed by atoms with E-state index in [9.17, 15) is 0 Å². The van der Waals surface area contributed by atoms with Gasteiger partial charge in [-0.15, -0.1) is 0 Å². The summed E-state index contributed by atoms with van der Waals surface area (Å²) in [5.41, 5.74) is 7.01. The van der Waals surface area contributed by atoms with Crippen LogP contribution in [0.5, 0.6) is 11.5 Å². The first kappa shape index (κ1) is 22.5. The van der Waals surface area contributed by atoms with Crippen LogP contribution in [-0.2, 0) is 0 Å². The molecule has 5 rings (SSSR count). The molecule has 4 nitrogen and oxygen atoms in total. The van der Waals surface area contributed by atoms with Gasteiger partial charge >= 0.3 is 0 Å². The molecule has 0 saturated carbocycles. The molecule has 1 aliphatic carbocycles. The monoisotopic (exact) mass is 472 g/mol. The molecule has 3 aromatic carbocycles. The second kappa shape index (κ2) is 9.55. The molecule has 3 atom stereocenters. The van der Waals surface area contributed by atoms with Crippen LogP contribution in [0.4, 0.5) is 11.4 Å². The van der Waals surface area contributed by atoms with E-state index in [1.807, 2.05) is 19.1 Å². The van der Waals surface area contributed by atoms with Crippen LogP contribution < -0.4 is 14.8 Å². The molecular formula is C29H29ClN2O2. The predicted octanol–water partition coefficient (Wildman–Crippen LogP) is 7.63. The number of aliphatic imine (C=N–C) groups is 1. The quantitative estimate of drug-likeness (QED) is 0.296. The lowest BCUT2D eigenvalue weighted by Gasteiger charge is -2.37. The second-order valence-electron chi connectivity index (χ2n) is 8.88. The van der Waals surface area contributed by atoms with Gasteiger partial charge in [0.05, 0.1) is 30.5 Å². The maximum absolute atomic E-state index is 6.37. The molecular weight excluding hydrogens is 444 g/mol. The van der Waals surface area contributed by atoms with Crippen LogP contribution in [0.15, 0.2) is 71.7 Å².